The van der Waals surface area contributed by atoms with E-state index in [4.69, 9.17) is 5.73 Å². The van der Waals surface area contributed by atoms with E-state index in [9.17, 15) is 0 Å². The van der Waals surface area contributed by atoms with Gasteiger partial charge in [-0.15, -0.1) is 0 Å². The van der Waals surface area contributed by atoms with Crippen LogP contribution in [0, 0.1) is 11.3 Å². The molecule has 0 spiro atoms. The molecule has 0 aromatic heterocycles. The van der Waals surface area contributed by atoms with Crippen LogP contribution in [-0.2, 0) is 0 Å². The molecule has 10 heavy (non-hydrogen) atoms. The number of rotatable bonds is 1. The van der Waals surface area contributed by atoms with E-state index in [1.165, 1.54) is 25.7 Å². The fourth-order valence-corrected chi connectivity index (χ4v) is 2.00. The minimum Gasteiger partial charge on any atom is -0.330 e. The molecule has 0 aromatic rings. The third-order valence-corrected chi connectivity index (χ3v) is 3.01. The van der Waals surface area contributed by atoms with Crippen LogP contribution < -0.4 is 5.73 Å². The second-order valence-electron chi connectivity index (χ2n) is 4.17. The Morgan fingerprint density at radius 3 is 2.50 bits per heavy atom. The molecule has 1 saturated carbocycles. The molecule has 1 nitrogen and oxygen atoms in total. The largest absolute Gasteiger partial charge is 0.330 e. The molecule has 0 amide bonds. The second-order valence-corrected chi connectivity index (χ2v) is 4.17. The van der Waals surface area contributed by atoms with Gasteiger partial charge in [0, 0.05) is 0 Å². The SMILES string of the molecule is CC1(C)CCCC[C@H]1CN. The Morgan fingerprint density at radius 2 is 2.10 bits per heavy atom. The molecular formula is C9H19N. The van der Waals surface area contributed by atoms with Crippen LogP contribution >= 0.6 is 0 Å². The van der Waals surface area contributed by atoms with Gasteiger partial charge in [-0.25, -0.2) is 0 Å². The summed E-state index contributed by atoms with van der Waals surface area (Å²) < 4.78 is 0. The molecule has 1 aliphatic rings. The van der Waals surface area contributed by atoms with Gasteiger partial charge in [-0.1, -0.05) is 26.7 Å². The molecule has 1 heteroatoms. The molecule has 2 N–H and O–H groups in total. The van der Waals surface area contributed by atoms with Crippen LogP contribution in [0.2, 0.25) is 0 Å². The van der Waals surface area contributed by atoms with Gasteiger partial charge in [0.1, 0.15) is 0 Å². The Morgan fingerprint density at radius 1 is 1.40 bits per heavy atom. The topological polar surface area (TPSA) is 26.0 Å². The smallest absolute Gasteiger partial charge is 0.00438 e. The molecule has 0 aromatic carbocycles. The lowest BCUT2D eigenvalue weighted by atomic mass is 9.69. The molecule has 1 fully saturated rings. The van der Waals surface area contributed by atoms with Gasteiger partial charge in [0.25, 0.3) is 0 Å². The third kappa shape index (κ3) is 1.51. The zero-order chi connectivity index (χ0) is 7.61. The van der Waals surface area contributed by atoms with Gasteiger partial charge in [0.2, 0.25) is 0 Å². The van der Waals surface area contributed by atoms with Crippen LogP contribution in [0.3, 0.4) is 0 Å². The van der Waals surface area contributed by atoms with Crippen molar-refractivity contribution in [1.29, 1.82) is 0 Å². The van der Waals surface area contributed by atoms with Crippen molar-refractivity contribution < 1.29 is 0 Å². The number of hydrogen-bond donors (Lipinski definition) is 1. The summed E-state index contributed by atoms with van der Waals surface area (Å²) in [6, 6.07) is 0. The summed E-state index contributed by atoms with van der Waals surface area (Å²) in [6.07, 6.45) is 5.52. The lowest BCUT2D eigenvalue weighted by molar-refractivity contribution is 0.144. The Balaban J connectivity index is 2.51. The van der Waals surface area contributed by atoms with Crippen molar-refractivity contribution in [2.75, 3.05) is 6.54 Å². The van der Waals surface area contributed by atoms with Crippen LogP contribution in [0.5, 0.6) is 0 Å². The van der Waals surface area contributed by atoms with Gasteiger partial charge in [0.15, 0.2) is 0 Å². The quantitative estimate of drug-likeness (QED) is 0.595. The highest BCUT2D eigenvalue weighted by Crippen LogP contribution is 2.39. The highest BCUT2D eigenvalue weighted by atomic mass is 14.6. The van der Waals surface area contributed by atoms with Gasteiger partial charge in [-0.2, -0.15) is 0 Å². The molecule has 1 rings (SSSR count). The van der Waals surface area contributed by atoms with Crippen molar-refractivity contribution in [1.82, 2.24) is 0 Å². The van der Waals surface area contributed by atoms with E-state index in [-0.39, 0.29) is 0 Å². The molecule has 0 heterocycles. The third-order valence-electron chi connectivity index (χ3n) is 3.01. The number of hydrogen-bond acceptors (Lipinski definition) is 1. The zero-order valence-corrected chi connectivity index (χ0v) is 7.19. The number of nitrogens with two attached hydrogens (primary N) is 1. The summed E-state index contributed by atoms with van der Waals surface area (Å²) in [6.45, 7) is 5.58. The molecule has 1 aliphatic carbocycles. The Hall–Kier alpha value is -0.0400. The van der Waals surface area contributed by atoms with E-state index in [1.54, 1.807) is 0 Å². The van der Waals surface area contributed by atoms with Gasteiger partial charge in [-0.05, 0) is 30.7 Å². The highest BCUT2D eigenvalue weighted by Gasteiger charge is 2.30. The Kier molecular flexibility index (Phi) is 2.35. The predicted octanol–water partition coefficient (Wildman–Crippen LogP) is 2.16. The maximum atomic E-state index is 5.68. The highest BCUT2D eigenvalue weighted by molar-refractivity contribution is 4.82. The van der Waals surface area contributed by atoms with E-state index in [2.05, 4.69) is 13.8 Å². The monoisotopic (exact) mass is 141 g/mol. The fraction of sp³-hybridized carbons (Fsp3) is 1.00. The average Bonchev–Trinajstić information content (AvgIpc) is 1.87. The van der Waals surface area contributed by atoms with Gasteiger partial charge in [0.05, 0.1) is 0 Å². The molecule has 0 radical (unpaired) electrons. The maximum absolute atomic E-state index is 5.68. The van der Waals surface area contributed by atoms with Crippen LogP contribution in [0.15, 0.2) is 0 Å². The van der Waals surface area contributed by atoms with E-state index in [1.807, 2.05) is 0 Å². The summed E-state index contributed by atoms with van der Waals surface area (Å²) in [5, 5.41) is 0. The van der Waals surface area contributed by atoms with Crippen LogP contribution in [0.25, 0.3) is 0 Å². The molecule has 0 bridgehead atoms. The summed E-state index contributed by atoms with van der Waals surface area (Å²) in [5.41, 5.74) is 6.20. The van der Waals surface area contributed by atoms with Crippen molar-refractivity contribution in [2.24, 2.45) is 17.1 Å². The first-order valence-electron chi connectivity index (χ1n) is 4.37. The molecule has 60 valence electrons. The predicted molar refractivity (Wildman–Crippen MR) is 44.8 cm³/mol. The Labute approximate surface area is 64.0 Å². The van der Waals surface area contributed by atoms with Crippen LogP contribution in [0.1, 0.15) is 39.5 Å². The molecular weight excluding hydrogens is 122 g/mol. The van der Waals surface area contributed by atoms with Crippen molar-refractivity contribution in [3.63, 3.8) is 0 Å². The minimum atomic E-state index is 0.521. The van der Waals surface area contributed by atoms with Crippen LogP contribution in [-0.4, -0.2) is 6.54 Å². The summed E-state index contributed by atoms with van der Waals surface area (Å²) in [5.74, 6) is 0.779. The molecule has 0 aliphatic heterocycles. The summed E-state index contributed by atoms with van der Waals surface area (Å²) >= 11 is 0. The van der Waals surface area contributed by atoms with Crippen LogP contribution in [0.4, 0.5) is 0 Å². The van der Waals surface area contributed by atoms with Gasteiger partial charge < -0.3 is 5.73 Å². The second kappa shape index (κ2) is 2.91. The van der Waals surface area contributed by atoms with E-state index < -0.39 is 0 Å². The Bertz CT molecular complexity index is 107. The normalized spacial score (nSPS) is 32.1. The van der Waals surface area contributed by atoms with E-state index in [0.717, 1.165) is 12.5 Å². The lowest BCUT2D eigenvalue weighted by Gasteiger charge is -2.37. The zero-order valence-electron chi connectivity index (χ0n) is 7.19. The standard InChI is InChI=1S/C9H19N/c1-9(2)6-4-3-5-8(9)7-10/h8H,3-7,10H2,1-2H3/t8-/m0/s1. The average molecular weight is 141 g/mol. The van der Waals surface area contributed by atoms with Gasteiger partial charge >= 0.3 is 0 Å². The first kappa shape index (κ1) is 8.06. The lowest BCUT2D eigenvalue weighted by Crippen LogP contribution is -2.33. The van der Waals surface area contributed by atoms with Crippen molar-refractivity contribution in [3.8, 4) is 0 Å². The van der Waals surface area contributed by atoms with E-state index in [0.29, 0.717) is 5.41 Å². The fourth-order valence-electron chi connectivity index (χ4n) is 2.00. The van der Waals surface area contributed by atoms with Crippen molar-refractivity contribution in [3.05, 3.63) is 0 Å². The molecule has 0 saturated heterocycles. The summed E-state index contributed by atoms with van der Waals surface area (Å²) in [4.78, 5) is 0. The van der Waals surface area contributed by atoms with Crippen molar-refractivity contribution >= 4 is 0 Å². The van der Waals surface area contributed by atoms with Crippen molar-refractivity contribution in [2.45, 2.75) is 39.5 Å². The summed E-state index contributed by atoms with van der Waals surface area (Å²) in [7, 11) is 0. The molecule has 1 atom stereocenters. The molecule has 0 unspecified atom stereocenters. The van der Waals surface area contributed by atoms with Gasteiger partial charge in [-0.3, -0.25) is 0 Å². The van der Waals surface area contributed by atoms with E-state index >= 15 is 0 Å². The first-order chi connectivity index (χ1) is 4.67. The minimum absolute atomic E-state index is 0.521. The first-order valence-corrected chi connectivity index (χ1v) is 4.37. The maximum Gasteiger partial charge on any atom is -0.00438 e.